The normalized spacial score (nSPS) is 11.7. The lowest BCUT2D eigenvalue weighted by molar-refractivity contribution is -0.137. The zero-order chi connectivity index (χ0) is 9.19. The molecule has 1 aromatic rings. The Bertz CT molecular complexity index is 267. The first-order valence-electron chi connectivity index (χ1n) is 3.17. The third-order valence-electron chi connectivity index (χ3n) is 1.33. The minimum absolute atomic E-state index is 0.410. The van der Waals surface area contributed by atoms with Crippen LogP contribution in [0.5, 0.6) is 0 Å². The molecule has 0 bridgehead atoms. The summed E-state index contributed by atoms with van der Waals surface area (Å²) in [6.07, 6.45) is -4.27. The van der Waals surface area contributed by atoms with Crippen LogP contribution in [-0.4, -0.2) is 0 Å². The van der Waals surface area contributed by atoms with E-state index in [1.807, 2.05) is 0 Å². The van der Waals surface area contributed by atoms with E-state index in [1.165, 1.54) is 6.07 Å². The molecule has 0 nitrogen and oxygen atoms in total. The Morgan fingerprint density at radius 3 is 2.50 bits per heavy atom. The van der Waals surface area contributed by atoms with Crippen molar-refractivity contribution in [1.82, 2.24) is 0 Å². The molecule has 0 heterocycles. The largest absolute Gasteiger partial charge is 0.416 e. The molecule has 0 atom stereocenters. The zero-order valence-corrected chi connectivity index (χ0v) is 7.54. The van der Waals surface area contributed by atoms with Crippen LogP contribution >= 0.6 is 15.9 Å². The maximum absolute atomic E-state index is 12.1. The summed E-state index contributed by atoms with van der Waals surface area (Å²) in [6, 6.07) is 5.99. The molecule has 65 valence electrons. The van der Waals surface area contributed by atoms with Crippen LogP contribution in [0, 0.1) is 6.07 Å². The second kappa shape index (κ2) is 3.47. The molecule has 0 spiro atoms. The highest BCUT2D eigenvalue weighted by atomic mass is 79.9. The van der Waals surface area contributed by atoms with E-state index in [2.05, 4.69) is 22.0 Å². The monoisotopic (exact) mass is 237 g/mol. The Morgan fingerprint density at radius 1 is 1.33 bits per heavy atom. The first kappa shape index (κ1) is 9.58. The van der Waals surface area contributed by atoms with Crippen LogP contribution in [0.1, 0.15) is 11.1 Å². The average molecular weight is 238 g/mol. The van der Waals surface area contributed by atoms with Gasteiger partial charge in [0.25, 0.3) is 0 Å². The fourth-order valence-electron chi connectivity index (χ4n) is 0.762. The maximum atomic E-state index is 12.1. The predicted molar refractivity (Wildman–Crippen MR) is 42.9 cm³/mol. The molecule has 12 heavy (non-hydrogen) atoms. The van der Waals surface area contributed by atoms with Crippen LogP contribution in [0.4, 0.5) is 13.2 Å². The van der Waals surface area contributed by atoms with E-state index < -0.39 is 11.7 Å². The third-order valence-corrected chi connectivity index (χ3v) is 1.98. The lowest BCUT2D eigenvalue weighted by Crippen LogP contribution is -2.04. The van der Waals surface area contributed by atoms with Gasteiger partial charge in [0.15, 0.2) is 0 Å². The SMILES string of the molecule is FC(F)(F)c1c[c]cc(CBr)c1. The van der Waals surface area contributed by atoms with Crippen molar-refractivity contribution in [3.8, 4) is 0 Å². The van der Waals surface area contributed by atoms with Gasteiger partial charge in [-0.2, -0.15) is 13.2 Å². The molecule has 0 amide bonds. The first-order valence-corrected chi connectivity index (χ1v) is 4.29. The molecule has 0 saturated heterocycles. The Balaban J connectivity index is 3.02. The van der Waals surface area contributed by atoms with Gasteiger partial charge >= 0.3 is 6.18 Å². The fourth-order valence-corrected chi connectivity index (χ4v) is 1.09. The first-order chi connectivity index (χ1) is 5.54. The molecule has 1 rings (SSSR count). The molecular weight excluding hydrogens is 233 g/mol. The summed E-state index contributed by atoms with van der Waals surface area (Å²) < 4.78 is 36.2. The summed E-state index contributed by atoms with van der Waals surface area (Å²) in [6.45, 7) is 0. The highest BCUT2D eigenvalue weighted by Crippen LogP contribution is 2.29. The van der Waals surface area contributed by atoms with Crippen molar-refractivity contribution in [3.05, 3.63) is 35.4 Å². The van der Waals surface area contributed by atoms with Crippen LogP contribution < -0.4 is 0 Å². The van der Waals surface area contributed by atoms with Crippen LogP contribution in [0.3, 0.4) is 0 Å². The molecule has 0 aromatic heterocycles. The highest BCUT2D eigenvalue weighted by Gasteiger charge is 2.30. The fraction of sp³-hybridized carbons (Fsp3) is 0.250. The van der Waals surface area contributed by atoms with E-state index in [0.29, 0.717) is 10.9 Å². The van der Waals surface area contributed by atoms with Crippen LogP contribution in [0.2, 0.25) is 0 Å². The van der Waals surface area contributed by atoms with Gasteiger partial charge in [0.1, 0.15) is 0 Å². The smallest absolute Gasteiger partial charge is 0.166 e. The molecule has 0 fully saturated rings. The van der Waals surface area contributed by atoms with Crippen LogP contribution in [0.15, 0.2) is 18.2 Å². The van der Waals surface area contributed by atoms with Crippen molar-refractivity contribution in [2.24, 2.45) is 0 Å². The van der Waals surface area contributed by atoms with Crippen LogP contribution in [-0.2, 0) is 11.5 Å². The zero-order valence-electron chi connectivity index (χ0n) is 5.95. The quantitative estimate of drug-likeness (QED) is 0.657. The highest BCUT2D eigenvalue weighted by molar-refractivity contribution is 9.08. The Morgan fingerprint density at radius 2 is 2.00 bits per heavy atom. The van der Waals surface area contributed by atoms with E-state index in [1.54, 1.807) is 0 Å². The van der Waals surface area contributed by atoms with Gasteiger partial charge in [-0.25, -0.2) is 0 Å². The van der Waals surface area contributed by atoms with Crippen molar-refractivity contribution in [2.75, 3.05) is 0 Å². The molecular formula is C8H5BrF3. The van der Waals surface area contributed by atoms with Crippen molar-refractivity contribution in [2.45, 2.75) is 11.5 Å². The molecule has 0 aliphatic carbocycles. The number of benzene rings is 1. The third kappa shape index (κ3) is 2.24. The molecule has 0 N–H and O–H groups in total. The van der Waals surface area contributed by atoms with E-state index in [4.69, 9.17) is 0 Å². The summed E-state index contributed by atoms with van der Waals surface area (Å²) in [5.74, 6) is 0. The van der Waals surface area contributed by atoms with E-state index >= 15 is 0 Å². The van der Waals surface area contributed by atoms with Gasteiger partial charge in [0.05, 0.1) is 5.56 Å². The molecule has 0 aliphatic heterocycles. The minimum atomic E-state index is -4.27. The minimum Gasteiger partial charge on any atom is -0.166 e. The van der Waals surface area contributed by atoms with Gasteiger partial charge in [-0.05, 0) is 23.8 Å². The maximum Gasteiger partial charge on any atom is 0.416 e. The van der Waals surface area contributed by atoms with Gasteiger partial charge in [0, 0.05) is 5.33 Å². The number of rotatable bonds is 1. The second-order valence-corrected chi connectivity index (χ2v) is 2.82. The number of hydrogen-bond donors (Lipinski definition) is 0. The summed E-state index contributed by atoms with van der Waals surface area (Å²) >= 11 is 3.07. The predicted octanol–water partition coefficient (Wildman–Crippen LogP) is 3.40. The molecule has 0 aliphatic rings. The van der Waals surface area contributed by atoms with Gasteiger partial charge in [-0.3, -0.25) is 0 Å². The van der Waals surface area contributed by atoms with Gasteiger partial charge in [-0.1, -0.05) is 22.0 Å². The summed E-state index contributed by atoms with van der Waals surface area (Å²) in [7, 11) is 0. The number of hydrogen-bond acceptors (Lipinski definition) is 0. The second-order valence-electron chi connectivity index (χ2n) is 2.26. The van der Waals surface area contributed by atoms with Crippen molar-refractivity contribution < 1.29 is 13.2 Å². The Hall–Kier alpha value is -0.510. The molecule has 4 heteroatoms. The summed E-state index contributed by atoms with van der Waals surface area (Å²) in [5.41, 5.74) is -0.0794. The standard InChI is InChI=1S/C8H5BrF3/c9-5-6-2-1-3-7(4-6)8(10,11)12/h2-4H,5H2. The molecule has 1 aromatic carbocycles. The topological polar surface area (TPSA) is 0 Å². The van der Waals surface area contributed by atoms with Crippen molar-refractivity contribution >= 4 is 15.9 Å². The van der Waals surface area contributed by atoms with Crippen molar-refractivity contribution in [1.29, 1.82) is 0 Å². The number of halogens is 4. The van der Waals surface area contributed by atoms with Gasteiger partial charge < -0.3 is 0 Å². The summed E-state index contributed by atoms with van der Waals surface area (Å²) in [4.78, 5) is 0. The van der Waals surface area contributed by atoms with E-state index in [-0.39, 0.29) is 0 Å². The van der Waals surface area contributed by atoms with E-state index in [0.717, 1.165) is 12.1 Å². The van der Waals surface area contributed by atoms with Gasteiger partial charge in [0.2, 0.25) is 0 Å². The Labute approximate surface area is 76.5 Å². The lowest BCUT2D eigenvalue weighted by Gasteiger charge is -2.06. The lowest BCUT2D eigenvalue weighted by atomic mass is 10.1. The Kier molecular flexibility index (Phi) is 2.77. The summed E-state index contributed by atoms with van der Waals surface area (Å²) in [5, 5.41) is 0.410. The van der Waals surface area contributed by atoms with Crippen molar-refractivity contribution in [3.63, 3.8) is 0 Å². The molecule has 0 unspecified atom stereocenters. The van der Waals surface area contributed by atoms with Crippen LogP contribution in [0.25, 0.3) is 0 Å². The van der Waals surface area contributed by atoms with Gasteiger partial charge in [-0.15, -0.1) is 0 Å². The number of alkyl halides is 4. The molecule has 0 saturated carbocycles. The molecule has 1 radical (unpaired) electrons. The average Bonchev–Trinajstić information content (AvgIpc) is 2.03. The van der Waals surface area contributed by atoms with E-state index in [9.17, 15) is 13.2 Å².